The fourth-order valence-electron chi connectivity index (χ4n) is 1.93. The van der Waals surface area contributed by atoms with Crippen LogP contribution >= 0.6 is 11.3 Å². The standard InChI is InChI=1S/C16H16N4O3S/c1-12-4-6-13(7-5-12)22-8-9-23-15(21)11-20-18-16(17-19-20)14-3-2-10-24-14/h2-7,10H,8-9,11H2,1H3. The van der Waals surface area contributed by atoms with E-state index in [9.17, 15) is 4.79 Å². The highest BCUT2D eigenvalue weighted by Gasteiger charge is 2.10. The van der Waals surface area contributed by atoms with Crippen molar-refractivity contribution in [3.05, 3.63) is 47.3 Å². The summed E-state index contributed by atoms with van der Waals surface area (Å²) in [7, 11) is 0. The number of esters is 1. The molecule has 0 radical (unpaired) electrons. The molecule has 7 nitrogen and oxygen atoms in total. The number of ether oxygens (including phenoxy) is 2. The predicted molar refractivity (Wildman–Crippen MR) is 88.8 cm³/mol. The number of thiophene rings is 1. The van der Waals surface area contributed by atoms with Crippen LogP contribution in [-0.4, -0.2) is 39.4 Å². The molecule has 0 atom stereocenters. The van der Waals surface area contributed by atoms with Crippen LogP contribution in [0.4, 0.5) is 0 Å². The van der Waals surface area contributed by atoms with Crippen LogP contribution in [0, 0.1) is 6.92 Å². The molecule has 8 heteroatoms. The lowest BCUT2D eigenvalue weighted by Gasteiger charge is -2.07. The maximum absolute atomic E-state index is 11.8. The van der Waals surface area contributed by atoms with Crippen molar-refractivity contribution in [2.24, 2.45) is 0 Å². The Morgan fingerprint density at radius 2 is 2.04 bits per heavy atom. The van der Waals surface area contributed by atoms with E-state index >= 15 is 0 Å². The molecule has 24 heavy (non-hydrogen) atoms. The summed E-state index contributed by atoms with van der Waals surface area (Å²) < 4.78 is 10.6. The van der Waals surface area contributed by atoms with Crippen molar-refractivity contribution in [3.8, 4) is 16.5 Å². The molecule has 1 aromatic carbocycles. The van der Waals surface area contributed by atoms with Gasteiger partial charge in [0.2, 0.25) is 5.82 Å². The van der Waals surface area contributed by atoms with Crippen molar-refractivity contribution >= 4 is 17.3 Å². The fraction of sp³-hybridized carbons (Fsp3) is 0.250. The molecule has 0 fully saturated rings. The first-order chi connectivity index (χ1) is 11.7. The van der Waals surface area contributed by atoms with Gasteiger partial charge in [-0.3, -0.25) is 0 Å². The Morgan fingerprint density at radius 3 is 2.79 bits per heavy atom. The van der Waals surface area contributed by atoms with Gasteiger partial charge >= 0.3 is 5.97 Å². The zero-order chi connectivity index (χ0) is 16.8. The second-order valence-corrected chi connectivity index (χ2v) is 5.95. The van der Waals surface area contributed by atoms with Crippen molar-refractivity contribution in [2.45, 2.75) is 13.5 Å². The smallest absolute Gasteiger partial charge is 0.329 e. The molecule has 2 heterocycles. The van der Waals surface area contributed by atoms with E-state index in [0.29, 0.717) is 12.4 Å². The van der Waals surface area contributed by atoms with Gasteiger partial charge in [-0.1, -0.05) is 23.8 Å². The number of nitrogens with zero attached hydrogens (tertiary/aromatic N) is 4. The van der Waals surface area contributed by atoms with E-state index in [2.05, 4.69) is 15.4 Å². The molecule has 0 aliphatic heterocycles. The van der Waals surface area contributed by atoms with Gasteiger partial charge in [0, 0.05) is 0 Å². The van der Waals surface area contributed by atoms with Crippen molar-refractivity contribution in [1.29, 1.82) is 0 Å². The molecule has 0 saturated carbocycles. The molecule has 0 bridgehead atoms. The SMILES string of the molecule is Cc1ccc(OCCOC(=O)Cn2nnc(-c3cccs3)n2)cc1. The maximum Gasteiger partial charge on any atom is 0.329 e. The topological polar surface area (TPSA) is 79.1 Å². The third-order valence-electron chi connectivity index (χ3n) is 3.10. The van der Waals surface area contributed by atoms with Crippen LogP contribution in [0.15, 0.2) is 41.8 Å². The average Bonchev–Trinajstić information content (AvgIpc) is 3.24. The normalized spacial score (nSPS) is 10.5. The van der Waals surface area contributed by atoms with Crippen LogP contribution in [-0.2, 0) is 16.1 Å². The Hall–Kier alpha value is -2.74. The van der Waals surface area contributed by atoms with Gasteiger partial charge in [-0.15, -0.1) is 21.5 Å². The molecule has 0 aliphatic rings. The van der Waals surface area contributed by atoms with Crippen molar-refractivity contribution in [2.75, 3.05) is 13.2 Å². The van der Waals surface area contributed by atoms with Gasteiger partial charge in [0.15, 0.2) is 6.54 Å². The van der Waals surface area contributed by atoms with E-state index in [-0.39, 0.29) is 13.2 Å². The van der Waals surface area contributed by atoms with Gasteiger partial charge in [-0.2, -0.15) is 4.80 Å². The first-order valence-electron chi connectivity index (χ1n) is 7.37. The number of aryl methyl sites for hydroxylation is 1. The fourth-order valence-corrected chi connectivity index (χ4v) is 2.57. The molecule has 124 valence electrons. The molecule has 0 N–H and O–H groups in total. The Balaban J connectivity index is 1.40. The van der Waals surface area contributed by atoms with Crippen LogP contribution in [0.1, 0.15) is 5.56 Å². The molecule has 0 spiro atoms. The number of carbonyl (C=O) groups is 1. The molecular formula is C16H16N4O3S. The van der Waals surface area contributed by atoms with E-state index in [0.717, 1.165) is 16.2 Å². The number of hydrogen-bond donors (Lipinski definition) is 0. The zero-order valence-electron chi connectivity index (χ0n) is 13.1. The number of hydrogen-bond acceptors (Lipinski definition) is 7. The molecule has 0 unspecified atom stereocenters. The Bertz CT molecular complexity index is 784. The second kappa shape index (κ2) is 7.69. The first-order valence-corrected chi connectivity index (χ1v) is 8.25. The third kappa shape index (κ3) is 4.39. The van der Waals surface area contributed by atoms with Crippen molar-refractivity contribution < 1.29 is 14.3 Å². The summed E-state index contributed by atoms with van der Waals surface area (Å²) in [6.45, 7) is 2.38. The quantitative estimate of drug-likeness (QED) is 0.483. The van der Waals surface area contributed by atoms with E-state index in [1.165, 1.54) is 16.1 Å². The maximum atomic E-state index is 11.8. The summed E-state index contributed by atoms with van der Waals surface area (Å²) >= 11 is 1.51. The van der Waals surface area contributed by atoms with E-state index in [1.54, 1.807) is 0 Å². The van der Waals surface area contributed by atoms with Gasteiger partial charge < -0.3 is 9.47 Å². The highest BCUT2D eigenvalue weighted by molar-refractivity contribution is 7.13. The van der Waals surface area contributed by atoms with E-state index in [4.69, 9.17) is 9.47 Å². The zero-order valence-corrected chi connectivity index (χ0v) is 13.9. The van der Waals surface area contributed by atoms with Gasteiger partial charge in [-0.25, -0.2) is 4.79 Å². The monoisotopic (exact) mass is 344 g/mol. The minimum absolute atomic E-state index is 0.0804. The lowest BCUT2D eigenvalue weighted by atomic mass is 10.2. The molecule has 3 rings (SSSR count). The van der Waals surface area contributed by atoms with Crippen LogP contribution in [0.3, 0.4) is 0 Å². The molecule has 3 aromatic rings. The second-order valence-electron chi connectivity index (χ2n) is 5.00. The van der Waals surface area contributed by atoms with Crippen LogP contribution < -0.4 is 4.74 Å². The van der Waals surface area contributed by atoms with Gasteiger partial charge in [0.1, 0.15) is 19.0 Å². The highest BCUT2D eigenvalue weighted by atomic mass is 32.1. The Labute approximate surface area is 142 Å². The van der Waals surface area contributed by atoms with Gasteiger partial charge in [0.25, 0.3) is 0 Å². The Kier molecular flexibility index (Phi) is 5.17. The molecule has 0 aliphatic carbocycles. The first kappa shape index (κ1) is 16.1. The molecule has 2 aromatic heterocycles. The van der Waals surface area contributed by atoms with E-state index in [1.807, 2.05) is 48.7 Å². The minimum Gasteiger partial charge on any atom is -0.490 e. The summed E-state index contributed by atoms with van der Waals surface area (Å²) in [5, 5.41) is 13.8. The van der Waals surface area contributed by atoms with Crippen LogP contribution in [0.5, 0.6) is 5.75 Å². The number of benzene rings is 1. The summed E-state index contributed by atoms with van der Waals surface area (Å²) in [5.74, 6) is 0.813. The molecule has 0 saturated heterocycles. The lowest BCUT2D eigenvalue weighted by molar-refractivity contribution is -0.145. The summed E-state index contributed by atoms with van der Waals surface area (Å²) in [6, 6.07) is 11.5. The number of tetrazole rings is 1. The highest BCUT2D eigenvalue weighted by Crippen LogP contribution is 2.19. The molecular weight excluding hydrogens is 328 g/mol. The number of aromatic nitrogens is 4. The lowest BCUT2D eigenvalue weighted by Crippen LogP contribution is -2.18. The minimum atomic E-state index is -0.433. The van der Waals surface area contributed by atoms with Gasteiger partial charge in [-0.05, 0) is 35.7 Å². The van der Waals surface area contributed by atoms with Gasteiger partial charge in [0.05, 0.1) is 4.88 Å². The van der Waals surface area contributed by atoms with Crippen LogP contribution in [0.25, 0.3) is 10.7 Å². The Morgan fingerprint density at radius 1 is 1.21 bits per heavy atom. The third-order valence-corrected chi connectivity index (χ3v) is 3.97. The summed E-state index contributed by atoms with van der Waals surface area (Å²) in [5.41, 5.74) is 1.16. The van der Waals surface area contributed by atoms with E-state index < -0.39 is 5.97 Å². The van der Waals surface area contributed by atoms with Crippen LogP contribution in [0.2, 0.25) is 0 Å². The average molecular weight is 344 g/mol. The predicted octanol–water partition coefficient (Wildman–Crippen LogP) is 2.33. The largest absolute Gasteiger partial charge is 0.490 e. The summed E-state index contributed by atoms with van der Waals surface area (Å²) in [6.07, 6.45) is 0. The molecule has 0 amide bonds. The number of rotatable bonds is 7. The van der Waals surface area contributed by atoms with Crippen molar-refractivity contribution in [1.82, 2.24) is 20.2 Å². The van der Waals surface area contributed by atoms with Crippen molar-refractivity contribution in [3.63, 3.8) is 0 Å². The summed E-state index contributed by atoms with van der Waals surface area (Å²) in [4.78, 5) is 13.9. The number of carbonyl (C=O) groups excluding carboxylic acids is 1.